The average Bonchev–Trinajstić information content (AvgIpc) is 2.15. The predicted molar refractivity (Wildman–Crippen MR) is 56.4 cm³/mol. The Morgan fingerprint density at radius 1 is 1.27 bits per heavy atom. The van der Waals surface area contributed by atoms with Crippen LogP contribution in [-0.4, -0.2) is 17.9 Å². The lowest BCUT2D eigenvalue weighted by Crippen LogP contribution is -2.21. The molecular formula is C9H5BrClF3N. The lowest BCUT2D eigenvalue weighted by Gasteiger charge is -2.07. The fourth-order valence-corrected chi connectivity index (χ4v) is 1.04. The topological polar surface area (TPSA) is 12.4 Å². The summed E-state index contributed by atoms with van der Waals surface area (Å²) in [4.78, 5) is 3.07. The molecule has 1 nitrogen and oxygen atoms in total. The first-order valence-electron chi connectivity index (χ1n) is 3.82. The van der Waals surface area contributed by atoms with E-state index >= 15 is 0 Å². The van der Waals surface area contributed by atoms with Crippen LogP contribution in [0.15, 0.2) is 33.7 Å². The quantitative estimate of drug-likeness (QED) is 0.446. The van der Waals surface area contributed by atoms with Crippen molar-refractivity contribution in [2.24, 2.45) is 4.99 Å². The molecule has 0 aliphatic heterocycles. The van der Waals surface area contributed by atoms with E-state index in [1.807, 2.05) is 0 Å². The summed E-state index contributed by atoms with van der Waals surface area (Å²) in [5, 5.41) is 0. The zero-order chi connectivity index (χ0) is 11.5. The second-order valence-electron chi connectivity index (χ2n) is 2.63. The van der Waals surface area contributed by atoms with Gasteiger partial charge in [-0.2, -0.15) is 13.2 Å². The summed E-state index contributed by atoms with van der Waals surface area (Å²) in [5.74, 6) is 0. The van der Waals surface area contributed by atoms with Crippen LogP contribution in [0, 0.1) is 0 Å². The van der Waals surface area contributed by atoms with Crippen molar-refractivity contribution >= 4 is 33.7 Å². The second-order valence-corrected chi connectivity index (χ2v) is 3.95. The first-order chi connectivity index (χ1) is 6.89. The molecule has 0 aromatic heterocycles. The highest BCUT2D eigenvalue weighted by Crippen LogP contribution is 2.25. The molecule has 0 spiro atoms. The van der Waals surface area contributed by atoms with Crippen molar-refractivity contribution < 1.29 is 13.2 Å². The summed E-state index contributed by atoms with van der Waals surface area (Å²) in [6, 6.07) is 6.50. The van der Waals surface area contributed by atoms with Crippen LogP contribution in [0.5, 0.6) is 0 Å². The zero-order valence-corrected chi connectivity index (χ0v) is 9.57. The van der Waals surface area contributed by atoms with Crippen LogP contribution in [0.2, 0.25) is 0 Å². The first kappa shape index (κ1) is 12.5. The number of hydrogen-bond donors (Lipinski definition) is 0. The largest absolute Gasteiger partial charge is 0.424 e. The van der Waals surface area contributed by atoms with Gasteiger partial charge in [0.15, 0.2) is 0 Å². The van der Waals surface area contributed by atoms with Gasteiger partial charge in [-0.1, -0.05) is 39.7 Å². The van der Waals surface area contributed by atoms with Gasteiger partial charge in [-0.05, 0) is 12.1 Å². The number of halogens is 5. The fourth-order valence-electron chi connectivity index (χ4n) is 0.729. The summed E-state index contributed by atoms with van der Waals surface area (Å²) in [5.41, 5.74) is -1.81. The van der Waals surface area contributed by atoms with Gasteiger partial charge in [-0.25, -0.2) is 0 Å². The van der Waals surface area contributed by atoms with Crippen LogP contribution in [0.25, 0.3) is 0 Å². The number of rotatable bonds is 2. The van der Waals surface area contributed by atoms with E-state index in [4.69, 9.17) is 11.6 Å². The molecule has 0 N–H and O–H groups in total. The van der Waals surface area contributed by atoms with Gasteiger partial charge >= 0.3 is 6.18 Å². The fraction of sp³-hybridized carbons (Fsp3) is 0.222. The van der Waals surface area contributed by atoms with Crippen molar-refractivity contribution in [3.63, 3.8) is 0 Å². The molecule has 0 bridgehead atoms. The van der Waals surface area contributed by atoms with Gasteiger partial charge in [0.05, 0.1) is 6.21 Å². The average molecular weight is 299 g/mol. The molecule has 0 amide bonds. The maximum Gasteiger partial charge on any atom is 0.424 e. The van der Waals surface area contributed by atoms with Crippen molar-refractivity contribution in [1.82, 2.24) is 0 Å². The van der Waals surface area contributed by atoms with Gasteiger partial charge < -0.3 is 0 Å². The molecule has 0 saturated heterocycles. The van der Waals surface area contributed by atoms with Crippen molar-refractivity contribution in [3.05, 3.63) is 34.3 Å². The standard InChI is InChI=1S/C9H5BrClF3N/c10-7-3-1-6(2-4-7)5-15-8(11)9(12,13)14/h1-4,8H. The molecule has 0 aliphatic rings. The molecule has 1 aromatic rings. The van der Waals surface area contributed by atoms with E-state index in [0.29, 0.717) is 5.56 Å². The van der Waals surface area contributed by atoms with E-state index in [-0.39, 0.29) is 0 Å². The Balaban J connectivity index is 2.70. The molecular weight excluding hydrogens is 294 g/mol. The van der Waals surface area contributed by atoms with E-state index in [1.165, 1.54) is 0 Å². The molecule has 0 heterocycles. The second kappa shape index (κ2) is 4.99. The minimum atomic E-state index is -4.54. The molecule has 1 aromatic carbocycles. The Bertz CT molecular complexity index is 347. The Kier molecular flexibility index (Phi) is 4.16. The SMILES string of the molecule is FC(F)(F)C(Cl)N=[C]c1ccc(Br)cc1. The van der Waals surface area contributed by atoms with Gasteiger partial charge in [0, 0.05) is 10.0 Å². The lowest BCUT2D eigenvalue weighted by molar-refractivity contribution is -0.128. The highest BCUT2D eigenvalue weighted by Gasteiger charge is 2.37. The molecule has 6 heteroatoms. The Labute approximate surface area is 98.1 Å². The molecule has 1 atom stereocenters. The van der Waals surface area contributed by atoms with Crippen LogP contribution >= 0.6 is 27.5 Å². The summed E-state index contributed by atoms with van der Waals surface area (Å²) in [6.45, 7) is 0. The number of aliphatic imine (C=N–C) groups is 1. The van der Waals surface area contributed by atoms with Gasteiger partial charge in [0.25, 0.3) is 0 Å². The molecule has 1 radical (unpaired) electrons. The summed E-state index contributed by atoms with van der Waals surface area (Å²) in [7, 11) is 0. The highest BCUT2D eigenvalue weighted by atomic mass is 79.9. The maximum atomic E-state index is 11.9. The van der Waals surface area contributed by atoms with Crippen LogP contribution in [-0.2, 0) is 0 Å². The van der Waals surface area contributed by atoms with Crippen molar-refractivity contribution in [3.8, 4) is 0 Å². The molecule has 1 unspecified atom stereocenters. The highest BCUT2D eigenvalue weighted by molar-refractivity contribution is 9.10. The monoisotopic (exact) mass is 298 g/mol. The summed E-state index contributed by atoms with van der Waals surface area (Å²) < 4.78 is 36.7. The van der Waals surface area contributed by atoms with E-state index in [1.54, 1.807) is 24.3 Å². The lowest BCUT2D eigenvalue weighted by atomic mass is 10.2. The molecule has 1 rings (SSSR count). The molecule has 0 aliphatic carbocycles. The number of benzene rings is 1. The van der Waals surface area contributed by atoms with Gasteiger partial charge in [-0.3, -0.25) is 4.99 Å². The third-order valence-corrected chi connectivity index (χ3v) is 2.30. The first-order valence-corrected chi connectivity index (χ1v) is 5.05. The zero-order valence-electron chi connectivity index (χ0n) is 7.22. The number of alkyl halides is 4. The normalized spacial score (nSPS) is 14.5. The minimum Gasteiger partial charge on any atom is -0.253 e. The van der Waals surface area contributed by atoms with E-state index in [0.717, 1.165) is 4.47 Å². The van der Waals surface area contributed by atoms with Crippen molar-refractivity contribution in [2.75, 3.05) is 0 Å². The predicted octanol–water partition coefficient (Wildman–Crippen LogP) is 3.87. The van der Waals surface area contributed by atoms with E-state index in [2.05, 4.69) is 27.1 Å². The summed E-state index contributed by atoms with van der Waals surface area (Å²) in [6.07, 6.45) is -2.31. The van der Waals surface area contributed by atoms with Gasteiger partial charge in [0.1, 0.15) is 0 Å². The van der Waals surface area contributed by atoms with E-state index in [9.17, 15) is 13.2 Å². The Morgan fingerprint density at radius 3 is 2.27 bits per heavy atom. The third kappa shape index (κ3) is 4.22. The van der Waals surface area contributed by atoms with Gasteiger partial charge in [-0.15, -0.1) is 0 Å². The number of nitrogens with zero attached hydrogens (tertiary/aromatic N) is 1. The number of hydrogen-bond acceptors (Lipinski definition) is 1. The Hall–Kier alpha value is -0.550. The van der Waals surface area contributed by atoms with Crippen LogP contribution < -0.4 is 0 Å². The van der Waals surface area contributed by atoms with E-state index < -0.39 is 11.7 Å². The molecule has 81 valence electrons. The molecule has 0 saturated carbocycles. The minimum absolute atomic E-state index is 0.438. The third-order valence-electron chi connectivity index (χ3n) is 1.42. The van der Waals surface area contributed by atoms with Crippen LogP contribution in [0.3, 0.4) is 0 Å². The van der Waals surface area contributed by atoms with Crippen molar-refractivity contribution in [1.29, 1.82) is 0 Å². The van der Waals surface area contributed by atoms with Crippen LogP contribution in [0.1, 0.15) is 5.56 Å². The Morgan fingerprint density at radius 2 is 1.80 bits per heavy atom. The summed E-state index contributed by atoms with van der Waals surface area (Å²) >= 11 is 8.17. The van der Waals surface area contributed by atoms with Crippen molar-refractivity contribution in [2.45, 2.75) is 11.7 Å². The molecule has 15 heavy (non-hydrogen) atoms. The smallest absolute Gasteiger partial charge is 0.253 e. The molecule has 0 fully saturated rings. The maximum absolute atomic E-state index is 11.9. The van der Waals surface area contributed by atoms with Gasteiger partial charge in [0.2, 0.25) is 5.50 Å². The van der Waals surface area contributed by atoms with Crippen LogP contribution in [0.4, 0.5) is 13.2 Å².